The van der Waals surface area contributed by atoms with Gasteiger partial charge in [0.05, 0.1) is 6.54 Å². The minimum absolute atomic E-state index is 0.326. The summed E-state index contributed by atoms with van der Waals surface area (Å²) in [6, 6.07) is 0. The molecule has 112 valence electrons. The normalized spacial score (nSPS) is 15.5. The Morgan fingerprint density at radius 3 is 1.95 bits per heavy atom. The summed E-state index contributed by atoms with van der Waals surface area (Å²) in [5.74, 6) is 0. The van der Waals surface area contributed by atoms with Crippen LogP contribution in [-0.4, -0.2) is 42.1 Å². The number of nitrogens with one attached hydrogen (secondary N) is 1. The topological polar surface area (TPSA) is 44.9 Å². The van der Waals surface area contributed by atoms with Crippen molar-refractivity contribution in [2.75, 3.05) is 19.6 Å². The summed E-state index contributed by atoms with van der Waals surface area (Å²) in [4.78, 5) is 1.23. The van der Waals surface area contributed by atoms with Crippen LogP contribution in [0.5, 0.6) is 0 Å². The molecular formula is C16H32NO2+. The second-order valence-electron chi connectivity index (χ2n) is 5.93. The zero-order valence-electron chi connectivity index (χ0n) is 13.2. The maximum absolute atomic E-state index is 9.47. The highest BCUT2D eigenvalue weighted by atomic mass is 16.3. The lowest BCUT2D eigenvalue weighted by atomic mass is 10.1. The van der Waals surface area contributed by atoms with E-state index < -0.39 is 0 Å². The third-order valence-electron chi connectivity index (χ3n) is 3.00. The number of allylic oxidation sites excluding steroid dienone is 3. The Morgan fingerprint density at radius 1 is 1.00 bits per heavy atom. The largest absolute Gasteiger partial charge is 0.388 e. The summed E-state index contributed by atoms with van der Waals surface area (Å²) in [5, 5.41) is 18.9. The van der Waals surface area contributed by atoms with E-state index in [1.165, 1.54) is 16.0 Å². The molecule has 0 radical (unpaired) electrons. The van der Waals surface area contributed by atoms with Crippen molar-refractivity contribution in [1.29, 1.82) is 0 Å². The van der Waals surface area contributed by atoms with Gasteiger partial charge in [0.1, 0.15) is 25.3 Å². The molecule has 0 unspecified atom stereocenters. The van der Waals surface area contributed by atoms with Crippen molar-refractivity contribution in [2.45, 2.75) is 59.7 Å². The Labute approximate surface area is 118 Å². The van der Waals surface area contributed by atoms with Gasteiger partial charge in [-0.05, 0) is 53.5 Å². The molecule has 3 N–H and O–H groups in total. The van der Waals surface area contributed by atoms with E-state index in [4.69, 9.17) is 0 Å². The summed E-state index contributed by atoms with van der Waals surface area (Å²) in [6.45, 7) is 12.2. The lowest BCUT2D eigenvalue weighted by Gasteiger charge is -2.21. The molecule has 0 fully saturated rings. The molecule has 0 aliphatic carbocycles. The fourth-order valence-electron chi connectivity index (χ4n) is 2.09. The van der Waals surface area contributed by atoms with E-state index >= 15 is 0 Å². The van der Waals surface area contributed by atoms with E-state index in [1.54, 1.807) is 13.8 Å². The number of hydrogen-bond acceptors (Lipinski definition) is 2. The Morgan fingerprint density at radius 2 is 1.53 bits per heavy atom. The van der Waals surface area contributed by atoms with Gasteiger partial charge in [0.2, 0.25) is 0 Å². The van der Waals surface area contributed by atoms with Gasteiger partial charge in [-0.2, -0.15) is 0 Å². The quantitative estimate of drug-likeness (QED) is 0.553. The van der Waals surface area contributed by atoms with Crippen LogP contribution in [0.1, 0.15) is 47.5 Å². The van der Waals surface area contributed by atoms with Gasteiger partial charge in [0.25, 0.3) is 0 Å². The number of rotatable bonds is 9. The minimum Gasteiger partial charge on any atom is -0.388 e. The van der Waals surface area contributed by atoms with Gasteiger partial charge in [-0.1, -0.05) is 17.2 Å². The molecule has 0 aliphatic heterocycles. The number of hydrogen-bond donors (Lipinski definition) is 3. The second-order valence-corrected chi connectivity index (χ2v) is 5.93. The van der Waals surface area contributed by atoms with Crippen LogP contribution >= 0.6 is 0 Å². The first-order valence-electron chi connectivity index (χ1n) is 7.30. The highest BCUT2D eigenvalue weighted by Crippen LogP contribution is 2.05. The van der Waals surface area contributed by atoms with Gasteiger partial charge >= 0.3 is 0 Å². The molecule has 0 rings (SSSR count). The Hall–Kier alpha value is -0.640. The molecule has 19 heavy (non-hydrogen) atoms. The second kappa shape index (κ2) is 10.2. The van der Waals surface area contributed by atoms with Crippen molar-refractivity contribution in [1.82, 2.24) is 0 Å². The molecule has 3 nitrogen and oxygen atoms in total. The summed E-state index contributed by atoms with van der Waals surface area (Å²) >= 11 is 0. The maximum atomic E-state index is 9.47. The van der Waals surface area contributed by atoms with Crippen LogP contribution in [0.25, 0.3) is 0 Å². The predicted molar refractivity (Wildman–Crippen MR) is 81.3 cm³/mol. The molecule has 2 atom stereocenters. The number of aliphatic hydroxyl groups is 2. The molecule has 0 bridgehead atoms. The van der Waals surface area contributed by atoms with Crippen LogP contribution in [0.3, 0.4) is 0 Å². The zero-order valence-corrected chi connectivity index (χ0v) is 13.2. The fourth-order valence-corrected chi connectivity index (χ4v) is 2.09. The van der Waals surface area contributed by atoms with Crippen molar-refractivity contribution >= 4 is 0 Å². The van der Waals surface area contributed by atoms with Crippen LogP contribution in [0, 0.1) is 0 Å². The Balaban J connectivity index is 4.22. The predicted octanol–water partition coefficient (Wildman–Crippen LogP) is 1.33. The molecule has 0 aliphatic rings. The average molecular weight is 270 g/mol. The van der Waals surface area contributed by atoms with Crippen molar-refractivity contribution in [3.8, 4) is 0 Å². The Kier molecular flexibility index (Phi) is 9.84. The van der Waals surface area contributed by atoms with E-state index in [0.29, 0.717) is 13.1 Å². The molecule has 0 heterocycles. The highest BCUT2D eigenvalue weighted by molar-refractivity contribution is 5.02. The molecule has 0 aromatic rings. The highest BCUT2D eigenvalue weighted by Gasteiger charge is 2.13. The molecule has 0 spiro atoms. The van der Waals surface area contributed by atoms with Crippen molar-refractivity contribution < 1.29 is 15.1 Å². The van der Waals surface area contributed by atoms with Crippen molar-refractivity contribution in [3.63, 3.8) is 0 Å². The van der Waals surface area contributed by atoms with E-state index in [2.05, 4.69) is 32.9 Å². The van der Waals surface area contributed by atoms with Crippen LogP contribution in [0.15, 0.2) is 23.3 Å². The van der Waals surface area contributed by atoms with Gasteiger partial charge < -0.3 is 15.1 Å². The van der Waals surface area contributed by atoms with Crippen LogP contribution in [0.4, 0.5) is 0 Å². The van der Waals surface area contributed by atoms with Gasteiger partial charge in [0.15, 0.2) is 0 Å². The van der Waals surface area contributed by atoms with Gasteiger partial charge in [-0.3, -0.25) is 0 Å². The zero-order chi connectivity index (χ0) is 14.8. The van der Waals surface area contributed by atoms with Gasteiger partial charge in [0, 0.05) is 0 Å². The lowest BCUT2D eigenvalue weighted by Crippen LogP contribution is -3.13. The third-order valence-corrected chi connectivity index (χ3v) is 3.00. The van der Waals surface area contributed by atoms with Gasteiger partial charge in [-0.15, -0.1) is 0 Å². The molecular weight excluding hydrogens is 238 g/mol. The monoisotopic (exact) mass is 270 g/mol. The van der Waals surface area contributed by atoms with Gasteiger partial charge in [-0.25, -0.2) is 0 Å². The van der Waals surface area contributed by atoms with Crippen molar-refractivity contribution in [2.24, 2.45) is 0 Å². The molecule has 0 aromatic heterocycles. The number of aliphatic hydroxyl groups excluding tert-OH is 2. The van der Waals surface area contributed by atoms with E-state index in [0.717, 1.165) is 19.4 Å². The summed E-state index contributed by atoms with van der Waals surface area (Å²) in [5.41, 5.74) is 2.74. The molecule has 3 heteroatoms. The lowest BCUT2D eigenvalue weighted by molar-refractivity contribution is -0.900. The van der Waals surface area contributed by atoms with Crippen LogP contribution in [0.2, 0.25) is 0 Å². The van der Waals surface area contributed by atoms with E-state index in [1.807, 2.05) is 0 Å². The maximum Gasteiger partial charge on any atom is 0.103 e. The Bertz CT molecular complexity index is 279. The first kappa shape index (κ1) is 18.4. The SMILES string of the molecule is CC(C)=CCC/C(C)=C/C[NH+](C[C@H](C)O)C[C@H](C)O. The summed E-state index contributed by atoms with van der Waals surface area (Å²) in [7, 11) is 0. The van der Waals surface area contributed by atoms with E-state index in [-0.39, 0.29) is 12.2 Å². The molecule has 0 aromatic carbocycles. The molecule has 0 saturated carbocycles. The van der Waals surface area contributed by atoms with Crippen LogP contribution in [-0.2, 0) is 0 Å². The third kappa shape index (κ3) is 12.2. The standard InChI is InChI=1S/C16H31NO2/c1-13(2)7-6-8-14(3)9-10-17(11-15(4)18)12-16(5)19/h7,9,15-16,18-19H,6,8,10-12H2,1-5H3/p+1/b14-9+/t15-,16-/m0/s1. The van der Waals surface area contributed by atoms with Crippen molar-refractivity contribution in [3.05, 3.63) is 23.3 Å². The first-order valence-corrected chi connectivity index (χ1v) is 7.30. The first-order chi connectivity index (χ1) is 8.81. The molecule has 0 saturated heterocycles. The average Bonchev–Trinajstić information content (AvgIpc) is 2.23. The molecule has 0 amide bonds. The minimum atomic E-state index is -0.326. The fraction of sp³-hybridized carbons (Fsp3) is 0.750. The summed E-state index contributed by atoms with van der Waals surface area (Å²) in [6.07, 6.45) is 6.02. The number of quaternary nitrogens is 1. The summed E-state index contributed by atoms with van der Waals surface area (Å²) < 4.78 is 0. The smallest absolute Gasteiger partial charge is 0.103 e. The van der Waals surface area contributed by atoms with E-state index in [9.17, 15) is 10.2 Å². The van der Waals surface area contributed by atoms with Crippen LogP contribution < -0.4 is 4.90 Å².